The molecule has 0 bridgehead atoms. The maximum absolute atomic E-state index is 14.0. The van der Waals surface area contributed by atoms with Crippen molar-refractivity contribution in [1.29, 1.82) is 0 Å². The molecule has 164 valence electrons. The van der Waals surface area contributed by atoms with E-state index >= 15 is 0 Å². The highest BCUT2D eigenvalue weighted by Crippen LogP contribution is 2.40. The third kappa shape index (κ3) is 3.94. The zero-order chi connectivity index (χ0) is 22.8. The second-order valence-corrected chi connectivity index (χ2v) is 6.50. The number of halogens is 3. The summed E-state index contributed by atoms with van der Waals surface area (Å²) >= 11 is 4.66. The van der Waals surface area contributed by atoms with E-state index in [0.717, 1.165) is 6.20 Å². The number of hydrogen-bond donors (Lipinski definition) is 4. The molecule has 0 aliphatic carbocycles. The summed E-state index contributed by atoms with van der Waals surface area (Å²) in [6, 6.07) is 7.70. The SMILES string of the molecule is CCOC(=O)c1cn[nH]c1N/N=C1/C(c2ccccc2)=NN(C(N)=S)C1(O)C(F)(F)F. The van der Waals surface area contributed by atoms with Crippen molar-refractivity contribution in [3.63, 3.8) is 0 Å². The van der Waals surface area contributed by atoms with Gasteiger partial charge in [-0.2, -0.15) is 33.5 Å². The van der Waals surface area contributed by atoms with Gasteiger partial charge in [0, 0.05) is 5.56 Å². The van der Waals surface area contributed by atoms with Crippen molar-refractivity contribution in [3.05, 3.63) is 47.7 Å². The van der Waals surface area contributed by atoms with Gasteiger partial charge in [-0.15, -0.1) is 0 Å². The van der Waals surface area contributed by atoms with E-state index < -0.39 is 28.7 Å². The van der Waals surface area contributed by atoms with Crippen LogP contribution in [-0.2, 0) is 4.74 Å². The van der Waals surface area contributed by atoms with Crippen LogP contribution in [0.4, 0.5) is 19.0 Å². The average molecular weight is 455 g/mol. The molecule has 3 rings (SSSR count). The first-order chi connectivity index (χ1) is 14.6. The molecule has 0 saturated heterocycles. The predicted molar refractivity (Wildman–Crippen MR) is 108 cm³/mol. The van der Waals surface area contributed by atoms with Crippen molar-refractivity contribution < 1.29 is 27.8 Å². The number of benzene rings is 1. The number of carbonyl (C=O) groups excluding carboxylic acids is 1. The number of hydrogen-bond acceptors (Lipinski definition) is 8. The highest BCUT2D eigenvalue weighted by molar-refractivity contribution is 7.80. The van der Waals surface area contributed by atoms with E-state index in [2.05, 4.69) is 38.0 Å². The number of hydrazone groups is 2. The van der Waals surface area contributed by atoms with Gasteiger partial charge in [0.2, 0.25) is 0 Å². The number of alkyl halides is 3. The molecule has 1 aliphatic heterocycles. The number of nitrogens with one attached hydrogen (secondary N) is 2. The van der Waals surface area contributed by atoms with Crippen LogP contribution < -0.4 is 11.2 Å². The van der Waals surface area contributed by atoms with Crippen molar-refractivity contribution in [1.82, 2.24) is 15.2 Å². The normalized spacial score (nSPS) is 20.0. The fourth-order valence-corrected chi connectivity index (χ4v) is 2.89. The van der Waals surface area contributed by atoms with E-state index in [9.17, 15) is 23.1 Å². The molecule has 2 aromatic rings. The van der Waals surface area contributed by atoms with Crippen LogP contribution in [-0.4, -0.2) is 61.3 Å². The maximum Gasteiger partial charge on any atom is 0.445 e. The van der Waals surface area contributed by atoms with Crippen molar-refractivity contribution >= 4 is 40.5 Å². The van der Waals surface area contributed by atoms with E-state index in [1.807, 2.05) is 0 Å². The van der Waals surface area contributed by atoms with Crippen LogP contribution in [0.5, 0.6) is 0 Å². The third-order valence-electron chi connectivity index (χ3n) is 4.13. The molecule has 0 fully saturated rings. The van der Waals surface area contributed by atoms with Crippen molar-refractivity contribution in [2.24, 2.45) is 15.9 Å². The number of carbonyl (C=O) groups is 1. The van der Waals surface area contributed by atoms with Gasteiger partial charge in [0.1, 0.15) is 11.3 Å². The number of thiocarbonyl (C=S) groups is 1. The van der Waals surface area contributed by atoms with Gasteiger partial charge in [0.15, 0.2) is 16.6 Å². The highest BCUT2D eigenvalue weighted by Gasteiger charge is 2.67. The van der Waals surface area contributed by atoms with Gasteiger partial charge in [-0.05, 0) is 19.1 Å². The Hall–Kier alpha value is -3.52. The minimum absolute atomic E-state index is 0.0599. The lowest BCUT2D eigenvalue weighted by Crippen LogP contribution is -2.62. The average Bonchev–Trinajstić information content (AvgIpc) is 3.30. The zero-order valence-corrected chi connectivity index (χ0v) is 16.7. The first-order valence-electron chi connectivity index (χ1n) is 8.69. The Balaban J connectivity index is 2.11. The molecule has 1 unspecified atom stereocenters. The van der Waals surface area contributed by atoms with Gasteiger partial charge in [-0.3, -0.25) is 10.5 Å². The highest BCUT2D eigenvalue weighted by atomic mass is 32.1. The Kier molecular flexibility index (Phi) is 5.94. The summed E-state index contributed by atoms with van der Waals surface area (Å²) in [7, 11) is 0. The molecule has 2 heterocycles. The summed E-state index contributed by atoms with van der Waals surface area (Å²) in [4.78, 5) is 12.0. The van der Waals surface area contributed by atoms with Crippen LogP contribution in [0.2, 0.25) is 0 Å². The van der Waals surface area contributed by atoms with Crippen LogP contribution in [0.1, 0.15) is 22.8 Å². The molecule has 31 heavy (non-hydrogen) atoms. The lowest BCUT2D eigenvalue weighted by atomic mass is 9.98. The topological polar surface area (TPSA) is 141 Å². The smallest absolute Gasteiger partial charge is 0.445 e. The molecule has 14 heteroatoms. The van der Waals surface area contributed by atoms with Gasteiger partial charge in [0.25, 0.3) is 0 Å². The lowest BCUT2D eigenvalue weighted by molar-refractivity contribution is -0.265. The minimum atomic E-state index is -5.30. The van der Waals surface area contributed by atoms with Crippen molar-refractivity contribution in [3.8, 4) is 0 Å². The number of H-pyrrole nitrogens is 1. The predicted octanol–water partition coefficient (Wildman–Crippen LogP) is 1.57. The molecular formula is C17H16F3N7O3S. The molecule has 1 aromatic carbocycles. The Labute approximate surface area is 178 Å². The van der Waals surface area contributed by atoms with Crippen LogP contribution in [0, 0.1) is 0 Å². The fraction of sp³-hybridized carbons (Fsp3) is 0.235. The molecule has 0 radical (unpaired) electrons. The summed E-state index contributed by atoms with van der Waals surface area (Å²) in [6.45, 7) is 1.65. The lowest BCUT2D eigenvalue weighted by Gasteiger charge is -2.32. The molecule has 0 amide bonds. The Morgan fingerprint density at radius 2 is 2.10 bits per heavy atom. The molecule has 0 saturated carbocycles. The summed E-state index contributed by atoms with van der Waals surface area (Å²) in [5.41, 5.74) is 2.74. The summed E-state index contributed by atoms with van der Waals surface area (Å²) in [5.74, 6) is -0.935. The number of ether oxygens (including phenoxy) is 1. The molecule has 1 atom stereocenters. The van der Waals surface area contributed by atoms with Crippen molar-refractivity contribution in [2.75, 3.05) is 12.0 Å². The number of nitrogens with zero attached hydrogens (tertiary/aromatic N) is 4. The molecule has 0 spiro atoms. The number of aliphatic hydroxyl groups is 1. The number of anilines is 1. The van der Waals surface area contributed by atoms with Crippen LogP contribution in [0.3, 0.4) is 0 Å². The first kappa shape index (κ1) is 22.2. The summed E-state index contributed by atoms with van der Waals surface area (Å²) < 4.78 is 46.8. The van der Waals surface area contributed by atoms with Gasteiger partial charge < -0.3 is 15.6 Å². The fourth-order valence-electron chi connectivity index (χ4n) is 2.72. The van der Waals surface area contributed by atoms with Crippen LogP contribution >= 0.6 is 12.2 Å². The maximum atomic E-state index is 14.0. The van der Waals surface area contributed by atoms with E-state index in [1.165, 1.54) is 12.1 Å². The zero-order valence-electron chi connectivity index (χ0n) is 15.8. The molecular weight excluding hydrogens is 439 g/mol. The quantitative estimate of drug-likeness (QED) is 0.303. The molecule has 5 N–H and O–H groups in total. The van der Waals surface area contributed by atoms with E-state index in [4.69, 9.17) is 10.5 Å². The number of aromatic nitrogens is 2. The third-order valence-corrected chi connectivity index (χ3v) is 4.30. The second kappa shape index (κ2) is 8.31. The number of nitrogens with two attached hydrogens (primary N) is 1. The van der Waals surface area contributed by atoms with Crippen LogP contribution in [0.25, 0.3) is 0 Å². The Morgan fingerprint density at radius 1 is 1.42 bits per heavy atom. The Bertz CT molecular complexity index is 1050. The Morgan fingerprint density at radius 3 is 2.68 bits per heavy atom. The van der Waals surface area contributed by atoms with Gasteiger partial charge in [0.05, 0.1) is 12.8 Å². The standard InChI is InChI=1S/C17H16F3N7O3S/c1-2-30-14(28)10-8-22-24-13(10)25-23-12-11(9-6-4-3-5-7-9)26-27(15(21)31)16(12,29)17(18,19)20/h3-8,29H,2H2,1H3,(H2,21,31)(H2,22,24,25)/b23-12-. The van der Waals surface area contributed by atoms with Crippen molar-refractivity contribution in [2.45, 2.75) is 18.8 Å². The molecule has 10 nitrogen and oxygen atoms in total. The number of rotatable bonds is 5. The van der Waals surface area contributed by atoms with Gasteiger partial charge in [-0.1, -0.05) is 30.3 Å². The van der Waals surface area contributed by atoms with E-state index in [-0.39, 0.29) is 34.3 Å². The summed E-state index contributed by atoms with van der Waals surface area (Å²) in [6.07, 6.45) is -4.19. The number of aromatic amines is 1. The monoisotopic (exact) mass is 455 g/mol. The van der Waals surface area contributed by atoms with Gasteiger partial charge >= 0.3 is 17.9 Å². The molecule has 1 aliphatic rings. The summed E-state index contributed by atoms with van der Waals surface area (Å²) in [5, 5.41) is 23.4. The minimum Gasteiger partial charge on any atom is -0.462 e. The molecule has 1 aromatic heterocycles. The van der Waals surface area contributed by atoms with Gasteiger partial charge in [-0.25, -0.2) is 4.79 Å². The van der Waals surface area contributed by atoms with E-state index in [1.54, 1.807) is 25.1 Å². The largest absolute Gasteiger partial charge is 0.462 e. The first-order valence-corrected chi connectivity index (χ1v) is 9.09. The second-order valence-electron chi connectivity index (χ2n) is 6.09. The van der Waals surface area contributed by atoms with E-state index in [0.29, 0.717) is 0 Å². The van der Waals surface area contributed by atoms with Crippen LogP contribution in [0.15, 0.2) is 46.7 Å². The number of esters is 1.